The first-order valence-electron chi connectivity index (χ1n) is 10.4. The van der Waals surface area contributed by atoms with Crippen molar-refractivity contribution in [3.05, 3.63) is 30.4 Å². The molecule has 2 aromatic heterocycles. The van der Waals surface area contributed by atoms with E-state index >= 15 is 0 Å². The predicted molar refractivity (Wildman–Crippen MR) is 108 cm³/mol. The monoisotopic (exact) mass is 388 g/mol. The second kappa shape index (κ2) is 13.8. The Morgan fingerprint density at radius 2 is 1.82 bits per heavy atom. The van der Waals surface area contributed by atoms with E-state index in [0.29, 0.717) is 37.7 Å². The van der Waals surface area contributed by atoms with Crippen LogP contribution >= 0.6 is 0 Å². The number of hydrogen-bond donors (Lipinski definition) is 1. The van der Waals surface area contributed by atoms with E-state index in [9.17, 15) is 4.79 Å². The predicted octanol–water partition coefficient (Wildman–Crippen LogP) is 3.95. The van der Waals surface area contributed by atoms with Crippen LogP contribution in [0.2, 0.25) is 0 Å². The number of rotatable bonds is 15. The minimum absolute atomic E-state index is 0.0143. The lowest BCUT2D eigenvalue weighted by atomic mass is 10.1. The normalized spacial score (nSPS) is 10.9. The van der Waals surface area contributed by atoms with Crippen molar-refractivity contribution in [2.75, 3.05) is 19.8 Å². The van der Waals surface area contributed by atoms with Gasteiger partial charge >= 0.3 is 0 Å². The van der Waals surface area contributed by atoms with Gasteiger partial charge in [-0.2, -0.15) is 4.98 Å². The zero-order chi connectivity index (χ0) is 19.9. The van der Waals surface area contributed by atoms with Gasteiger partial charge < -0.3 is 14.6 Å². The number of amides is 1. The molecule has 2 rings (SSSR count). The summed E-state index contributed by atoms with van der Waals surface area (Å²) in [6.07, 6.45) is 12.6. The minimum Gasteiger partial charge on any atom is -0.381 e. The fourth-order valence-electron chi connectivity index (χ4n) is 2.77. The Bertz CT molecular complexity index is 661. The standard InChI is InChI=1S/C21H32N4O3/c1-2-3-4-5-6-7-16-27-17-8-13-23-19(26)9-10-20-24-21(25-28-20)18-11-14-22-15-12-18/h11-12,14-15H,2-10,13,16-17H2,1H3,(H,23,26). The molecule has 1 N–H and O–H groups in total. The number of nitrogens with zero attached hydrogens (tertiary/aromatic N) is 3. The summed E-state index contributed by atoms with van der Waals surface area (Å²) in [6, 6.07) is 3.63. The Hall–Kier alpha value is -2.28. The van der Waals surface area contributed by atoms with Crippen LogP contribution in [-0.4, -0.2) is 40.8 Å². The van der Waals surface area contributed by atoms with E-state index < -0.39 is 0 Å². The molecule has 7 heteroatoms. The molecule has 0 bridgehead atoms. The summed E-state index contributed by atoms with van der Waals surface area (Å²) in [4.78, 5) is 20.2. The van der Waals surface area contributed by atoms with Crippen LogP contribution in [-0.2, 0) is 16.0 Å². The fraction of sp³-hybridized carbons (Fsp3) is 0.619. The quantitative estimate of drug-likeness (QED) is 0.465. The number of carbonyl (C=O) groups is 1. The number of pyridine rings is 1. The number of nitrogens with one attached hydrogen (secondary N) is 1. The van der Waals surface area contributed by atoms with E-state index in [1.807, 2.05) is 12.1 Å². The van der Waals surface area contributed by atoms with E-state index in [1.54, 1.807) is 12.4 Å². The van der Waals surface area contributed by atoms with Gasteiger partial charge in [-0.05, 0) is 25.0 Å². The lowest BCUT2D eigenvalue weighted by Gasteiger charge is -2.06. The maximum Gasteiger partial charge on any atom is 0.227 e. The summed E-state index contributed by atoms with van der Waals surface area (Å²) < 4.78 is 10.8. The molecule has 0 spiro atoms. The van der Waals surface area contributed by atoms with Crippen LogP contribution in [0.25, 0.3) is 11.4 Å². The number of ether oxygens (including phenoxy) is 1. The van der Waals surface area contributed by atoms with Gasteiger partial charge in [0.05, 0.1) is 0 Å². The molecule has 0 fully saturated rings. The van der Waals surface area contributed by atoms with Crippen LogP contribution in [0.5, 0.6) is 0 Å². The van der Waals surface area contributed by atoms with Crippen LogP contribution in [0, 0.1) is 0 Å². The zero-order valence-corrected chi connectivity index (χ0v) is 16.9. The summed E-state index contributed by atoms with van der Waals surface area (Å²) in [5, 5.41) is 6.83. The summed E-state index contributed by atoms with van der Waals surface area (Å²) in [6.45, 7) is 4.36. The van der Waals surface area contributed by atoms with E-state index in [2.05, 4.69) is 27.4 Å². The SMILES string of the molecule is CCCCCCCCOCCCNC(=O)CCc1nc(-c2ccncc2)no1. The van der Waals surface area contributed by atoms with Crippen LogP contribution in [0.4, 0.5) is 0 Å². The molecule has 0 aliphatic rings. The third kappa shape index (κ3) is 9.08. The highest BCUT2D eigenvalue weighted by atomic mass is 16.5. The third-order valence-electron chi connectivity index (χ3n) is 4.40. The molecule has 2 aromatic rings. The van der Waals surface area contributed by atoms with Crippen molar-refractivity contribution < 1.29 is 14.1 Å². The lowest BCUT2D eigenvalue weighted by Crippen LogP contribution is -2.25. The number of aryl methyl sites for hydroxylation is 1. The van der Waals surface area contributed by atoms with Gasteiger partial charge in [-0.3, -0.25) is 9.78 Å². The van der Waals surface area contributed by atoms with Crippen molar-refractivity contribution in [2.24, 2.45) is 0 Å². The average molecular weight is 389 g/mol. The van der Waals surface area contributed by atoms with Gasteiger partial charge in [-0.15, -0.1) is 0 Å². The number of aromatic nitrogens is 3. The molecular formula is C21H32N4O3. The maximum atomic E-state index is 11.9. The summed E-state index contributed by atoms with van der Waals surface area (Å²) in [7, 11) is 0. The Balaban J connectivity index is 1.47. The highest BCUT2D eigenvalue weighted by molar-refractivity contribution is 5.75. The van der Waals surface area contributed by atoms with Gasteiger partial charge in [0.25, 0.3) is 0 Å². The molecule has 0 saturated heterocycles. The molecule has 7 nitrogen and oxygen atoms in total. The summed E-state index contributed by atoms with van der Waals surface area (Å²) in [5.74, 6) is 0.962. The molecule has 1 amide bonds. The molecule has 0 saturated carbocycles. The van der Waals surface area contributed by atoms with Gasteiger partial charge in [0.15, 0.2) is 0 Å². The van der Waals surface area contributed by atoms with Crippen LogP contribution in [0.3, 0.4) is 0 Å². The van der Waals surface area contributed by atoms with E-state index in [4.69, 9.17) is 9.26 Å². The van der Waals surface area contributed by atoms with Gasteiger partial charge in [0.2, 0.25) is 17.6 Å². The second-order valence-electron chi connectivity index (χ2n) is 6.83. The first-order chi connectivity index (χ1) is 13.8. The third-order valence-corrected chi connectivity index (χ3v) is 4.40. The molecule has 2 heterocycles. The topological polar surface area (TPSA) is 90.1 Å². The fourth-order valence-corrected chi connectivity index (χ4v) is 2.77. The first-order valence-corrected chi connectivity index (χ1v) is 10.4. The Morgan fingerprint density at radius 1 is 1.07 bits per heavy atom. The highest BCUT2D eigenvalue weighted by Gasteiger charge is 2.10. The Labute approximate surface area is 167 Å². The van der Waals surface area contributed by atoms with Crippen LogP contribution in [0.15, 0.2) is 29.0 Å². The molecule has 0 aliphatic carbocycles. The molecule has 28 heavy (non-hydrogen) atoms. The van der Waals surface area contributed by atoms with E-state index in [1.165, 1.54) is 32.1 Å². The number of unbranched alkanes of at least 4 members (excludes halogenated alkanes) is 5. The highest BCUT2D eigenvalue weighted by Crippen LogP contribution is 2.14. The largest absolute Gasteiger partial charge is 0.381 e. The number of carbonyl (C=O) groups excluding carboxylic acids is 1. The lowest BCUT2D eigenvalue weighted by molar-refractivity contribution is -0.121. The molecule has 154 valence electrons. The molecular weight excluding hydrogens is 356 g/mol. The van der Waals surface area contributed by atoms with E-state index in [0.717, 1.165) is 25.0 Å². The second-order valence-corrected chi connectivity index (χ2v) is 6.83. The van der Waals surface area contributed by atoms with Crippen molar-refractivity contribution in [2.45, 2.75) is 64.7 Å². The Kier molecular flexibility index (Phi) is 10.9. The van der Waals surface area contributed by atoms with Crippen LogP contribution < -0.4 is 5.32 Å². The van der Waals surface area contributed by atoms with Crippen molar-refractivity contribution in [1.29, 1.82) is 0 Å². The zero-order valence-electron chi connectivity index (χ0n) is 16.9. The molecule has 0 aliphatic heterocycles. The first kappa shape index (κ1) is 22.0. The summed E-state index contributed by atoms with van der Waals surface area (Å²) >= 11 is 0. The Morgan fingerprint density at radius 3 is 2.64 bits per heavy atom. The molecule has 0 atom stereocenters. The summed E-state index contributed by atoms with van der Waals surface area (Å²) in [5.41, 5.74) is 0.843. The van der Waals surface area contributed by atoms with Crippen LogP contribution in [0.1, 0.15) is 64.2 Å². The average Bonchev–Trinajstić information content (AvgIpc) is 3.20. The smallest absolute Gasteiger partial charge is 0.227 e. The molecule has 0 radical (unpaired) electrons. The number of hydrogen-bond acceptors (Lipinski definition) is 6. The maximum absolute atomic E-state index is 11.9. The molecule has 0 unspecified atom stereocenters. The van der Waals surface area contributed by atoms with Gasteiger partial charge in [-0.1, -0.05) is 44.2 Å². The van der Waals surface area contributed by atoms with Gasteiger partial charge in [0, 0.05) is 50.6 Å². The van der Waals surface area contributed by atoms with Crippen molar-refractivity contribution in [1.82, 2.24) is 20.4 Å². The molecule has 0 aromatic carbocycles. The van der Waals surface area contributed by atoms with Gasteiger partial charge in [0.1, 0.15) is 0 Å². The van der Waals surface area contributed by atoms with Crippen molar-refractivity contribution >= 4 is 5.91 Å². The van der Waals surface area contributed by atoms with Gasteiger partial charge in [-0.25, -0.2) is 0 Å². The van der Waals surface area contributed by atoms with Crippen molar-refractivity contribution in [3.63, 3.8) is 0 Å². The van der Waals surface area contributed by atoms with Crippen molar-refractivity contribution in [3.8, 4) is 11.4 Å². The minimum atomic E-state index is -0.0143. The van der Waals surface area contributed by atoms with E-state index in [-0.39, 0.29) is 5.91 Å².